The van der Waals surface area contributed by atoms with Crippen LogP contribution < -0.4 is 25.2 Å². The molecule has 0 spiro atoms. The molecule has 4 aromatic carbocycles. The van der Waals surface area contributed by atoms with Crippen molar-refractivity contribution in [1.29, 1.82) is 0 Å². The standard InChI is InChI=1S/C36H39BrN4O5/c1-41(2)29-16-12-25(13-17-29)24-38-40-35(43)36(23-28-8-4-5-11-32(28)37)33(27-9-6-10-31(22-27)44-3)46-34(39-36)26-14-18-30(19-15-26)45-21-7-20-42/h4-6,8-19,22,33,38,42H,7,20-21,23-24H2,1-3H3,(H,40,43)/t33-,36-/m0/s1. The number of aliphatic hydroxyl groups is 1. The Morgan fingerprint density at radius 1 is 1.00 bits per heavy atom. The first-order valence-electron chi connectivity index (χ1n) is 15.1. The number of nitrogens with zero attached hydrogens (tertiary/aromatic N) is 2. The average molecular weight is 688 g/mol. The number of amides is 1. The maximum absolute atomic E-state index is 14.5. The van der Waals surface area contributed by atoms with E-state index in [1.165, 1.54) is 0 Å². The highest BCUT2D eigenvalue weighted by Gasteiger charge is 2.53. The zero-order chi connectivity index (χ0) is 32.5. The van der Waals surface area contributed by atoms with E-state index in [4.69, 9.17) is 24.3 Å². The van der Waals surface area contributed by atoms with Crippen molar-refractivity contribution < 1.29 is 24.1 Å². The van der Waals surface area contributed by atoms with Gasteiger partial charge in [0.25, 0.3) is 5.91 Å². The van der Waals surface area contributed by atoms with Crippen molar-refractivity contribution in [1.82, 2.24) is 10.9 Å². The van der Waals surface area contributed by atoms with Gasteiger partial charge < -0.3 is 24.2 Å². The number of hydrogen-bond donors (Lipinski definition) is 3. The maximum Gasteiger partial charge on any atom is 0.266 e. The van der Waals surface area contributed by atoms with E-state index in [2.05, 4.69) is 26.8 Å². The lowest BCUT2D eigenvalue weighted by Crippen LogP contribution is -2.53. The van der Waals surface area contributed by atoms with Gasteiger partial charge in [0.2, 0.25) is 5.90 Å². The topological polar surface area (TPSA) is 105 Å². The zero-order valence-electron chi connectivity index (χ0n) is 26.2. The summed E-state index contributed by atoms with van der Waals surface area (Å²) in [6.07, 6.45) is 0.0288. The number of ether oxygens (including phenoxy) is 3. The quantitative estimate of drug-likeness (QED) is 0.117. The van der Waals surface area contributed by atoms with Gasteiger partial charge in [0, 0.05) is 55.8 Å². The van der Waals surface area contributed by atoms with Gasteiger partial charge in [-0.25, -0.2) is 10.4 Å². The summed E-state index contributed by atoms with van der Waals surface area (Å²) in [6.45, 7) is 0.893. The molecule has 9 nitrogen and oxygen atoms in total. The van der Waals surface area contributed by atoms with Gasteiger partial charge in [0.1, 0.15) is 11.5 Å². The third kappa shape index (κ3) is 7.70. The van der Waals surface area contributed by atoms with E-state index in [1.54, 1.807) is 7.11 Å². The minimum absolute atomic E-state index is 0.0632. The molecule has 3 N–H and O–H groups in total. The largest absolute Gasteiger partial charge is 0.497 e. The van der Waals surface area contributed by atoms with Crippen LogP contribution in [0.3, 0.4) is 0 Å². The Labute approximate surface area is 278 Å². The Kier molecular flexibility index (Phi) is 11.0. The number of methoxy groups -OCH3 is 1. The first kappa shape index (κ1) is 33.0. The second kappa shape index (κ2) is 15.3. The highest BCUT2D eigenvalue weighted by atomic mass is 79.9. The van der Waals surface area contributed by atoms with Gasteiger partial charge in [-0.1, -0.05) is 58.4 Å². The first-order chi connectivity index (χ1) is 22.3. The summed E-state index contributed by atoms with van der Waals surface area (Å²) in [5, 5.41) is 9.08. The molecule has 1 amide bonds. The van der Waals surface area contributed by atoms with Crippen LogP contribution in [0.2, 0.25) is 0 Å². The third-order valence-electron chi connectivity index (χ3n) is 7.79. The Morgan fingerprint density at radius 3 is 2.46 bits per heavy atom. The van der Waals surface area contributed by atoms with Crippen molar-refractivity contribution in [2.24, 2.45) is 4.99 Å². The Balaban J connectivity index is 1.51. The van der Waals surface area contributed by atoms with Crippen LogP contribution in [0, 0.1) is 0 Å². The summed E-state index contributed by atoms with van der Waals surface area (Å²) >= 11 is 3.68. The maximum atomic E-state index is 14.5. The summed E-state index contributed by atoms with van der Waals surface area (Å²) in [4.78, 5) is 21.6. The third-order valence-corrected chi connectivity index (χ3v) is 8.57. The average Bonchev–Trinajstić information content (AvgIpc) is 3.47. The molecule has 1 aliphatic heterocycles. The monoisotopic (exact) mass is 686 g/mol. The molecule has 0 bridgehead atoms. The van der Waals surface area contributed by atoms with Crippen LogP contribution in [0.25, 0.3) is 0 Å². The van der Waals surface area contributed by atoms with E-state index in [0.29, 0.717) is 42.5 Å². The molecule has 4 aromatic rings. The minimum atomic E-state index is -1.39. The lowest BCUT2D eigenvalue weighted by atomic mass is 9.82. The van der Waals surface area contributed by atoms with Crippen molar-refractivity contribution >= 4 is 33.4 Å². The number of hydrogen-bond acceptors (Lipinski definition) is 8. The van der Waals surface area contributed by atoms with Crippen LogP contribution in [0.4, 0.5) is 5.69 Å². The number of carbonyl (C=O) groups excluding carboxylic acids is 1. The molecular weight excluding hydrogens is 648 g/mol. The van der Waals surface area contributed by atoms with Crippen LogP contribution in [0.15, 0.2) is 107 Å². The molecule has 5 rings (SSSR count). The van der Waals surface area contributed by atoms with E-state index in [1.807, 2.05) is 116 Å². The van der Waals surface area contributed by atoms with Gasteiger partial charge in [0.15, 0.2) is 11.6 Å². The normalized spacial score (nSPS) is 17.2. The number of halogens is 1. The van der Waals surface area contributed by atoms with Gasteiger partial charge in [-0.3, -0.25) is 10.2 Å². The number of rotatable bonds is 14. The number of aliphatic imine (C=N–C) groups is 1. The number of hydrazine groups is 1. The van der Waals surface area contributed by atoms with Crippen LogP contribution in [0.1, 0.15) is 34.8 Å². The van der Waals surface area contributed by atoms with Crippen LogP contribution >= 0.6 is 15.9 Å². The van der Waals surface area contributed by atoms with Gasteiger partial charge >= 0.3 is 0 Å². The molecule has 0 saturated carbocycles. The molecule has 1 heterocycles. The first-order valence-corrected chi connectivity index (χ1v) is 15.9. The van der Waals surface area contributed by atoms with Crippen molar-refractivity contribution in [2.75, 3.05) is 39.3 Å². The van der Waals surface area contributed by atoms with Gasteiger partial charge in [-0.15, -0.1) is 0 Å². The second-order valence-corrected chi connectivity index (χ2v) is 12.1. The highest BCUT2D eigenvalue weighted by Crippen LogP contribution is 2.44. The Bertz CT molecular complexity index is 1650. The molecule has 0 radical (unpaired) electrons. The molecule has 46 heavy (non-hydrogen) atoms. The van der Waals surface area contributed by atoms with Crippen molar-refractivity contribution in [3.63, 3.8) is 0 Å². The van der Waals surface area contributed by atoms with Crippen LogP contribution in [-0.2, 0) is 22.5 Å². The lowest BCUT2D eigenvalue weighted by molar-refractivity contribution is -0.130. The predicted molar refractivity (Wildman–Crippen MR) is 183 cm³/mol. The van der Waals surface area contributed by atoms with Gasteiger partial charge in [0.05, 0.1) is 13.7 Å². The Morgan fingerprint density at radius 2 is 1.76 bits per heavy atom. The SMILES string of the molecule is COc1cccc([C@@H]2OC(c3ccc(OCCCO)cc3)=N[C@]2(Cc2ccccc2Br)C(=O)NNCc2ccc(N(C)C)cc2)c1. The lowest BCUT2D eigenvalue weighted by Gasteiger charge is -2.31. The molecule has 240 valence electrons. The van der Waals surface area contributed by atoms with Gasteiger partial charge in [-0.05, 0) is 71.3 Å². The van der Waals surface area contributed by atoms with Crippen LogP contribution in [-0.4, -0.2) is 56.9 Å². The van der Waals surface area contributed by atoms with E-state index in [-0.39, 0.29) is 18.9 Å². The summed E-state index contributed by atoms with van der Waals surface area (Å²) < 4.78 is 18.8. The number of carbonyl (C=O) groups is 1. The van der Waals surface area contributed by atoms with E-state index in [0.717, 1.165) is 26.9 Å². The summed E-state index contributed by atoms with van der Waals surface area (Å²) in [5.74, 6) is 1.32. The van der Waals surface area contributed by atoms with E-state index >= 15 is 0 Å². The van der Waals surface area contributed by atoms with Crippen molar-refractivity contribution in [2.45, 2.75) is 31.0 Å². The predicted octanol–water partition coefficient (Wildman–Crippen LogP) is 5.61. The van der Waals surface area contributed by atoms with E-state index in [9.17, 15) is 4.79 Å². The van der Waals surface area contributed by atoms with Crippen molar-refractivity contribution in [3.05, 3.63) is 124 Å². The van der Waals surface area contributed by atoms with Crippen molar-refractivity contribution in [3.8, 4) is 11.5 Å². The molecule has 0 aliphatic carbocycles. The zero-order valence-corrected chi connectivity index (χ0v) is 27.8. The fraction of sp³-hybridized carbons (Fsp3) is 0.278. The fourth-order valence-corrected chi connectivity index (χ4v) is 5.69. The molecule has 0 fully saturated rings. The summed E-state index contributed by atoms with van der Waals surface area (Å²) in [5.41, 5.74) is 9.17. The summed E-state index contributed by atoms with van der Waals surface area (Å²) in [6, 6.07) is 30.8. The van der Waals surface area contributed by atoms with Crippen LogP contribution in [0.5, 0.6) is 11.5 Å². The number of aliphatic hydroxyl groups excluding tert-OH is 1. The molecule has 10 heteroatoms. The summed E-state index contributed by atoms with van der Waals surface area (Å²) in [7, 11) is 5.60. The molecule has 2 atom stereocenters. The number of anilines is 1. The molecule has 0 saturated heterocycles. The fourth-order valence-electron chi connectivity index (χ4n) is 5.27. The molecule has 1 aliphatic rings. The molecule has 0 unspecified atom stereocenters. The van der Waals surface area contributed by atoms with E-state index < -0.39 is 11.6 Å². The Hall–Kier alpha value is -4.38. The molecular formula is C36H39BrN4O5. The van der Waals surface area contributed by atoms with Gasteiger partial charge in [-0.2, -0.15) is 0 Å². The number of nitrogens with one attached hydrogen (secondary N) is 2. The highest BCUT2D eigenvalue weighted by molar-refractivity contribution is 9.10. The molecule has 0 aromatic heterocycles. The minimum Gasteiger partial charge on any atom is -0.497 e. The smallest absolute Gasteiger partial charge is 0.266 e. The second-order valence-electron chi connectivity index (χ2n) is 11.2. The number of benzene rings is 4.